The van der Waals surface area contributed by atoms with Crippen LogP contribution in [0.2, 0.25) is 0 Å². The van der Waals surface area contributed by atoms with E-state index in [0.717, 1.165) is 11.0 Å². The smallest absolute Gasteiger partial charge is 0.328 e. The number of rotatable bonds is 5. The SMILES string of the molecule is CSc1ccc(C(=O)C(C)Br)c(C=CC(=O)O)c1. The highest BCUT2D eigenvalue weighted by Crippen LogP contribution is 2.23. The first kappa shape index (κ1) is 15.0. The molecule has 0 saturated carbocycles. The molecule has 0 bridgehead atoms. The fourth-order valence-electron chi connectivity index (χ4n) is 1.41. The standard InChI is InChI=1S/C13H13BrO3S/c1-8(14)13(17)11-5-4-10(18-2)7-9(11)3-6-12(15)16/h3-8H,1-2H3,(H,15,16). The average Bonchev–Trinajstić information content (AvgIpc) is 2.34. The zero-order valence-electron chi connectivity index (χ0n) is 10.0. The van der Waals surface area contributed by atoms with E-state index >= 15 is 0 Å². The molecule has 0 aliphatic carbocycles. The number of hydrogen-bond acceptors (Lipinski definition) is 3. The van der Waals surface area contributed by atoms with Gasteiger partial charge in [-0.25, -0.2) is 4.79 Å². The van der Waals surface area contributed by atoms with Crippen molar-refractivity contribution in [2.24, 2.45) is 0 Å². The van der Waals surface area contributed by atoms with Crippen molar-refractivity contribution in [3.05, 3.63) is 35.4 Å². The van der Waals surface area contributed by atoms with Crippen molar-refractivity contribution in [1.82, 2.24) is 0 Å². The number of carboxylic acids is 1. The van der Waals surface area contributed by atoms with E-state index in [4.69, 9.17) is 5.11 Å². The first-order valence-corrected chi connectivity index (χ1v) is 7.37. The van der Waals surface area contributed by atoms with Crippen molar-refractivity contribution in [3.63, 3.8) is 0 Å². The van der Waals surface area contributed by atoms with E-state index in [1.54, 1.807) is 24.8 Å². The van der Waals surface area contributed by atoms with Gasteiger partial charge in [-0.1, -0.05) is 15.9 Å². The van der Waals surface area contributed by atoms with Crippen LogP contribution in [0.15, 0.2) is 29.2 Å². The van der Waals surface area contributed by atoms with Crippen molar-refractivity contribution in [2.75, 3.05) is 6.26 Å². The Kier molecular flexibility index (Phi) is 5.62. The molecule has 1 unspecified atom stereocenters. The molecule has 0 radical (unpaired) electrons. The van der Waals surface area contributed by atoms with Gasteiger partial charge >= 0.3 is 5.97 Å². The van der Waals surface area contributed by atoms with Crippen LogP contribution in [0.25, 0.3) is 6.08 Å². The number of alkyl halides is 1. The monoisotopic (exact) mass is 328 g/mol. The molecule has 96 valence electrons. The summed E-state index contributed by atoms with van der Waals surface area (Å²) in [5, 5.41) is 8.65. The molecule has 3 nitrogen and oxygen atoms in total. The molecule has 18 heavy (non-hydrogen) atoms. The fraction of sp³-hybridized carbons (Fsp3) is 0.231. The summed E-state index contributed by atoms with van der Waals surface area (Å²) in [6, 6.07) is 5.39. The highest BCUT2D eigenvalue weighted by atomic mass is 79.9. The Balaban J connectivity index is 3.24. The molecule has 5 heteroatoms. The van der Waals surface area contributed by atoms with Crippen molar-refractivity contribution >= 4 is 45.5 Å². The van der Waals surface area contributed by atoms with Gasteiger partial charge in [-0.2, -0.15) is 0 Å². The molecule has 1 rings (SSSR count). The summed E-state index contributed by atoms with van der Waals surface area (Å²) in [5.41, 5.74) is 1.15. The molecule has 1 aromatic carbocycles. The molecular weight excluding hydrogens is 316 g/mol. The maximum absolute atomic E-state index is 12.0. The first-order valence-electron chi connectivity index (χ1n) is 5.23. The van der Waals surface area contributed by atoms with Crippen LogP contribution in [-0.4, -0.2) is 27.9 Å². The summed E-state index contributed by atoms with van der Waals surface area (Å²) in [6.07, 6.45) is 4.41. The average molecular weight is 329 g/mol. The lowest BCUT2D eigenvalue weighted by atomic mass is 10.0. The number of carbonyl (C=O) groups excluding carboxylic acids is 1. The molecule has 1 atom stereocenters. The Morgan fingerprint density at radius 3 is 2.61 bits per heavy atom. The van der Waals surface area contributed by atoms with Gasteiger partial charge in [0.25, 0.3) is 0 Å². The second kappa shape index (κ2) is 6.75. The van der Waals surface area contributed by atoms with Gasteiger partial charge in [-0.05, 0) is 43.0 Å². The van der Waals surface area contributed by atoms with E-state index < -0.39 is 5.97 Å². The maximum Gasteiger partial charge on any atom is 0.328 e. The van der Waals surface area contributed by atoms with Crippen molar-refractivity contribution < 1.29 is 14.7 Å². The molecule has 0 aromatic heterocycles. The second-order valence-electron chi connectivity index (χ2n) is 3.61. The van der Waals surface area contributed by atoms with Crippen LogP contribution in [0, 0.1) is 0 Å². The Morgan fingerprint density at radius 1 is 1.44 bits per heavy atom. The third-order valence-corrected chi connectivity index (χ3v) is 3.43. The van der Waals surface area contributed by atoms with E-state index in [2.05, 4.69) is 15.9 Å². The Labute approximate surface area is 118 Å². The minimum atomic E-state index is -1.03. The number of halogens is 1. The summed E-state index contributed by atoms with van der Waals surface area (Å²) in [4.78, 5) is 23.2. The van der Waals surface area contributed by atoms with Gasteiger partial charge in [0.15, 0.2) is 5.78 Å². The number of thioether (sulfide) groups is 1. The van der Waals surface area contributed by atoms with Crippen LogP contribution in [0.5, 0.6) is 0 Å². The lowest BCUT2D eigenvalue weighted by Crippen LogP contribution is -2.11. The number of carbonyl (C=O) groups is 2. The number of hydrogen-bond donors (Lipinski definition) is 1. The van der Waals surface area contributed by atoms with Crippen LogP contribution in [0.4, 0.5) is 0 Å². The number of Topliss-reactive ketones (excluding diaryl/α,β-unsaturated/α-hetero) is 1. The van der Waals surface area contributed by atoms with Gasteiger partial charge in [0, 0.05) is 16.5 Å². The molecule has 1 aromatic rings. The fourth-order valence-corrected chi connectivity index (χ4v) is 2.10. The molecule has 0 spiro atoms. The molecule has 0 aliphatic rings. The molecular formula is C13H13BrO3S. The predicted molar refractivity (Wildman–Crippen MR) is 77.6 cm³/mol. The van der Waals surface area contributed by atoms with Gasteiger partial charge in [-0.15, -0.1) is 11.8 Å². The zero-order chi connectivity index (χ0) is 13.7. The Morgan fingerprint density at radius 2 is 2.11 bits per heavy atom. The van der Waals surface area contributed by atoms with Crippen molar-refractivity contribution in [3.8, 4) is 0 Å². The van der Waals surface area contributed by atoms with E-state index in [1.807, 2.05) is 18.4 Å². The number of aliphatic carboxylic acids is 1. The van der Waals surface area contributed by atoms with E-state index in [1.165, 1.54) is 6.08 Å². The Bertz CT molecular complexity index is 495. The lowest BCUT2D eigenvalue weighted by molar-refractivity contribution is -0.131. The quantitative estimate of drug-likeness (QED) is 0.389. The van der Waals surface area contributed by atoms with Crippen LogP contribution in [0.3, 0.4) is 0 Å². The van der Waals surface area contributed by atoms with Crippen LogP contribution in [-0.2, 0) is 4.79 Å². The number of carboxylic acid groups (broad SMARTS) is 1. The number of benzene rings is 1. The van der Waals surface area contributed by atoms with E-state index in [0.29, 0.717) is 11.1 Å². The largest absolute Gasteiger partial charge is 0.478 e. The van der Waals surface area contributed by atoms with E-state index in [9.17, 15) is 9.59 Å². The summed E-state index contributed by atoms with van der Waals surface area (Å²) in [5.74, 6) is -1.09. The predicted octanol–water partition coefficient (Wildman–Crippen LogP) is 3.47. The lowest BCUT2D eigenvalue weighted by Gasteiger charge is -2.08. The number of ketones is 1. The second-order valence-corrected chi connectivity index (χ2v) is 5.86. The van der Waals surface area contributed by atoms with E-state index in [-0.39, 0.29) is 10.6 Å². The topological polar surface area (TPSA) is 54.4 Å². The summed E-state index contributed by atoms with van der Waals surface area (Å²) < 4.78 is 0. The van der Waals surface area contributed by atoms with Crippen LogP contribution >= 0.6 is 27.7 Å². The highest BCUT2D eigenvalue weighted by Gasteiger charge is 2.15. The molecule has 0 fully saturated rings. The minimum absolute atomic E-state index is 0.0623. The molecule has 0 aliphatic heterocycles. The van der Waals surface area contributed by atoms with Gasteiger partial charge in [-0.3, -0.25) is 4.79 Å². The summed E-state index contributed by atoms with van der Waals surface area (Å²) in [7, 11) is 0. The first-order chi connectivity index (χ1) is 8.45. The van der Waals surface area contributed by atoms with Crippen LogP contribution < -0.4 is 0 Å². The van der Waals surface area contributed by atoms with Crippen molar-refractivity contribution in [2.45, 2.75) is 16.6 Å². The summed E-state index contributed by atoms with van der Waals surface area (Å²) >= 11 is 4.77. The van der Waals surface area contributed by atoms with Gasteiger partial charge in [0.2, 0.25) is 0 Å². The Hall–Kier alpha value is -1.07. The van der Waals surface area contributed by atoms with Crippen molar-refractivity contribution in [1.29, 1.82) is 0 Å². The van der Waals surface area contributed by atoms with Crippen LogP contribution in [0.1, 0.15) is 22.8 Å². The van der Waals surface area contributed by atoms with Gasteiger partial charge < -0.3 is 5.11 Å². The maximum atomic E-state index is 12.0. The molecule has 0 amide bonds. The highest BCUT2D eigenvalue weighted by molar-refractivity contribution is 9.10. The molecule has 0 heterocycles. The zero-order valence-corrected chi connectivity index (χ0v) is 12.4. The normalized spacial score (nSPS) is 12.6. The summed E-state index contributed by atoms with van der Waals surface area (Å²) in [6.45, 7) is 1.75. The third kappa shape index (κ3) is 3.99. The minimum Gasteiger partial charge on any atom is -0.478 e. The third-order valence-electron chi connectivity index (χ3n) is 2.29. The van der Waals surface area contributed by atoms with Gasteiger partial charge in [0.05, 0.1) is 4.83 Å². The molecule has 0 saturated heterocycles. The van der Waals surface area contributed by atoms with Gasteiger partial charge in [0.1, 0.15) is 0 Å². The molecule has 1 N–H and O–H groups in total.